The lowest BCUT2D eigenvalue weighted by molar-refractivity contribution is -0.384. The van der Waals surface area contributed by atoms with Crippen LogP contribution in [0.1, 0.15) is 48.0 Å². The average molecular weight is 453 g/mol. The molecule has 0 aromatic heterocycles. The lowest BCUT2D eigenvalue weighted by atomic mass is 9.95. The predicted octanol–water partition coefficient (Wildman–Crippen LogP) is 4.18. The first kappa shape index (κ1) is 23.1. The Balaban J connectivity index is 1.56. The first-order valence-electron chi connectivity index (χ1n) is 10.4. The molecule has 0 aliphatic heterocycles. The molecule has 0 atom stereocenters. The fraction of sp³-hybridized carbons (Fsp3) is 0.261. The van der Waals surface area contributed by atoms with E-state index in [0.29, 0.717) is 16.8 Å². The molecule has 1 saturated carbocycles. The van der Waals surface area contributed by atoms with Crippen LogP contribution in [0.3, 0.4) is 0 Å². The van der Waals surface area contributed by atoms with Crippen molar-refractivity contribution in [2.45, 2.75) is 38.1 Å². The molecule has 0 spiro atoms. The van der Waals surface area contributed by atoms with Crippen molar-refractivity contribution in [1.29, 1.82) is 0 Å². The number of nitrogens with one attached hydrogen (secondary N) is 3. The maximum absolute atomic E-state index is 12.7. The third-order valence-corrected chi connectivity index (χ3v) is 5.33. The molecule has 32 heavy (non-hydrogen) atoms. The zero-order chi connectivity index (χ0) is 22.9. The van der Waals surface area contributed by atoms with Crippen LogP contribution in [-0.4, -0.2) is 27.9 Å². The van der Waals surface area contributed by atoms with E-state index < -0.39 is 10.8 Å². The Labute approximate surface area is 191 Å². The molecule has 1 aliphatic rings. The van der Waals surface area contributed by atoms with Gasteiger partial charge in [0.15, 0.2) is 5.11 Å². The van der Waals surface area contributed by atoms with Crippen molar-refractivity contribution >= 4 is 46.6 Å². The van der Waals surface area contributed by atoms with E-state index in [9.17, 15) is 19.7 Å². The Morgan fingerprint density at radius 1 is 1.03 bits per heavy atom. The van der Waals surface area contributed by atoms with Gasteiger partial charge in [0.25, 0.3) is 11.6 Å². The van der Waals surface area contributed by atoms with Crippen LogP contribution in [0, 0.1) is 10.1 Å². The molecule has 2 amide bonds. The number of carbonyl (C=O) groups is 2. The predicted molar refractivity (Wildman–Crippen MR) is 127 cm³/mol. The number of thiocarbonyl (C=S) groups is 1. The minimum atomic E-state index is -0.489. The average Bonchev–Trinajstić information content (AvgIpc) is 2.79. The first-order valence-corrected chi connectivity index (χ1v) is 10.8. The van der Waals surface area contributed by atoms with E-state index in [1.54, 1.807) is 36.4 Å². The van der Waals surface area contributed by atoms with Crippen LogP contribution < -0.4 is 16.0 Å². The fourth-order valence-electron chi connectivity index (χ4n) is 3.49. The minimum Gasteiger partial charge on any atom is -0.349 e. The van der Waals surface area contributed by atoms with Crippen LogP contribution in [0.15, 0.2) is 54.6 Å². The number of rotatable bonds is 6. The molecule has 1 aliphatic carbocycles. The van der Waals surface area contributed by atoms with Crippen LogP contribution in [0.25, 0.3) is 6.08 Å². The number of para-hydroxylation sites is 1. The number of benzene rings is 2. The van der Waals surface area contributed by atoms with Gasteiger partial charge < -0.3 is 10.6 Å². The maximum Gasteiger partial charge on any atom is 0.269 e. The molecule has 8 nitrogen and oxygen atoms in total. The van der Waals surface area contributed by atoms with E-state index in [0.717, 1.165) is 25.7 Å². The van der Waals surface area contributed by atoms with Crippen LogP contribution >= 0.6 is 12.2 Å². The van der Waals surface area contributed by atoms with Gasteiger partial charge in [-0.3, -0.25) is 25.0 Å². The summed E-state index contributed by atoms with van der Waals surface area (Å²) in [6.45, 7) is 0. The molecule has 2 aromatic rings. The fourth-order valence-corrected chi connectivity index (χ4v) is 3.70. The van der Waals surface area contributed by atoms with E-state index >= 15 is 0 Å². The number of amides is 2. The molecule has 3 N–H and O–H groups in total. The molecule has 166 valence electrons. The van der Waals surface area contributed by atoms with Crippen molar-refractivity contribution in [2.75, 3.05) is 5.32 Å². The van der Waals surface area contributed by atoms with Gasteiger partial charge in [-0.1, -0.05) is 31.4 Å². The van der Waals surface area contributed by atoms with Gasteiger partial charge in [0.1, 0.15) is 0 Å². The lowest BCUT2D eigenvalue weighted by Gasteiger charge is -2.23. The molecule has 1 fully saturated rings. The smallest absolute Gasteiger partial charge is 0.269 e. The van der Waals surface area contributed by atoms with Gasteiger partial charge in [0, 0.05) is 24.3 Å². The second kappa shape index (κ2) is 11.1. The number of hydrogen-bond acceptors (Lipinski definition) is 5. The van der Waals surface area contributed by atoms with E-state index in [1.165, 1.54) is 30.7 Å². The van der Waals surface area contributed by atoms with Gasteiger partial charge in [-0.05, 0) is 61.0 Å². The van der Waals surface area contributed by atoms with E-state index in [1.807, 2.05) is 0 Å². The summed E-state index contributed by atoms with van der Waals surface area (Å²) in [6, 6.07) is 13.0. The topological polar surface area (TPSA) is 113 Å². The maximum atomic E-state index is 12.7. The number of nitro groups is 1. The zero-order valence-corrected chi connectivity index (χ0v) is 18.2. The van der Waals surface area contributed by atoms with Gasteiger partial charge in [0.05, 0.1) is 16.2 Å². The Bertz CT molecular complexity index is 1030. The van der Waals surface area contributed by atoms with Crippen molar-refractivity contribution in [2.24, 2.45) is 0 Å². The monoisotopic (exact) mass is 452 g/mol. The third-order valence-electron chi connectivity index (χ3n) is 5.13. The van der Waals surface area contributed by atoms with Crippen molar-refractivity contribution in [3.05, 3.63) is 75.8 Å². The molecule has 2 aromatic carbocycles. The largest absolute Gasteiger partial charge is 0.349 e. The van der Waals surface area contributed by atoms with Crippen molar-refractivity contribution in [3.63, 3.8) is 0 Å². The summed E-state index contributed by atoms with van der Waals surface area (Å²) in [5.41, 5.74) is 1.57. The second-order valence-electron chi connectivity index (χ2n) is 7.48. The summed E-state index contributed by atoms with van der Waals surface area (Å²) in [5.74, 6) is -0.641. The van der Waals surface area contributed by atoms with E-state index in [4.69, 9.17) is 12.2 Å². The van der Waals surface area contributed by atoms with Crippen molar-refractivity contribution in [1.82, 2.24) is 10.6 Å². The van der Waals surface area contributed by atoms with Gasteiger partial charge in [0.2, 0.25) is 5.91 Å². The molecule has 0 saturated heterocycles. The summed E-state index contributed by atoms with van der Waals surface area (Å²) < 4.78 is 0. The van der Waals surface area contributed by atoms with Gasteiger partial charge in [-0.2, -0.15) is 0 Å². The van der Waals surface area contributed by atoms with Crippen LogP contribution in [0.4, 0.5) is 11.4 Å². The van der Waals surface area contributed by atoms with Crippen LogP contribution in [0.5, 0.6) is 0 Å². The highest BCUT2D eigenvalue weighted by Crippen LogP contribution is 2.20. The minimum absolute atomic E-state index is 0.0248. The Hall–Kier alpha value is -3.59. The summed E-state index contributed by atoms with van der Waals surface area (Å²) in [4.78, 5) is 35.1. The van der Waals surface area contributed by atoms with Crippen molar-refractivity contribution in [3.8, 4) is 0 Å². The second-order valence-corrected chi connectivity index (χ2v) is 7.89. The molecule has 0 bridgehead atoms. The highest BCUT2D eigenvalue weighted by Gasteiger charge is 2.18. The highest BCUT2D eigenvalue weighted by atomic mass is 32.1. The third kappa shape index (κ3) is 6.71. The Morgan fingerprint density at radius 3 is 2.41 bits per heavy atom. The van der Waals surface area contributed by atoms with Crippen LogP contribution in [-0.2, 0) is 4.79 Å². The number of nitrogens with zero attached hydrogens (tertiary/aromatic N) is 1. The molecule has 0 unspecified atom stereocenters. The van der Waals surface area contributed by atoms with Gasteiger partial charge in [-0.15, -0.1) is 0 Å². The summed E-state index contributed by atoms with van der Waals surface area (Å²) >= 11 is 5.21. The van der Waals surface area contributed by atoms with Gasteiger partial charge in [-0.25, -0.2) is 0 Å². The normalized spacial score (nSPS) is 14.0. The summed E-state index contributed by atoms with van der Waals surface area (Å²) in [5, 5.41) is 19.3. The highest BCUT2D eigenvalue weighted by molar-refractivity contribution is 7.80. The van der Waals surface area contributed by atoms with E-state index in [2.05, 4.69) is 16.0 Å². The first-order chi connectivity index (χ1) is 15.4. The summed E-state index contributed by atoms with van der Waals surface area (Å²) in [7, 11) is 0. The molecular formula is C23H24N4O4S. The quantitative estimate of drug-likeness (QED) is 0.262. The number of hydrogen-bond donors (Lipinski definition) is 3. The number of non-ortho nitro benzene ring substituents is 1. The summed E-state index contributed by atoms with van der Waals surface area (Å²) in [6.07, 6.45) is 8.21. The standard InChI is InChI=1S/C23H24N4O4S/c28-21(15-12-16-10-13-18(14-11-16)27(30)31)26-23(32)25-20-9-5-4-8-19(20)22(29)24-17-6-2-1-3-7-17/h4-5,8-15,17H,1-3,6-7H2,(H,24,29)(H2,25,26,28,32)/b15-12+. The number of carbonyl (C=O) groups excluding carboxylic acids is 2. The molecule has 0 heterocycles. The number of nitro benzene ring substituents is 1. The molecule has 0 radical (unpaired) electrons. The lowest BCUT2D eigenvalue weighted by Crippen LogP contribution is -2.37. The molecule has 9 heteroatoms. The SMILES string of the molecule is O=C(/C=C/c1ccc([N+](=O)[O-])cc1)NC(=S)Nc1ccccc1C(=O)NC1CCCCC1. The molecular weight excluding hydrogens is 428 g/mol. The molecule has 3 rings (SSSR count). The van der Waals surface area contributed by atoms with Gasteiger partial charge >= 0.3 is 0 Å². The number of anilines is 1. The van der Waals surface area contributed by atoms with E-state index in [-0.39, 0.29) is 22.7 Å². The Kier molecular flexibility index (Phi) is 8.04. The zero-order valence-electron chi connectivity index (χ0n) is 17.4. The Morgan fingerprint density at radius 2 is 1.72 bits per heavy atom. The van der Waals surface area contributed by atoms with Crippen LogP contribution in [0.2, 0.25) is 0 Å². The van der Waals surface area contributed by atoms with Crippen molar-refractivity contribution < 1.29 is 14.5 Å².